The fourth-order valence-electron chi connectivity index (χ4n) is 6.24. The van der Waals surface area contributed by atoms with Crippen molar-refractivity contribution in [3.63, 3.8) is 0 Å². The molecule has 2 heterocycles. The zero-order valence-electron chi connectivity index (χ0n) is 23.5. The van der Waals surface area contributed by atoms with Crippen LogP contribution >= 0.6 is 11.8 Å². The van der Waals surface area contributed by atoms with Crippen molar-refractivity contribution in [2.75, 3.05) is 31.1 Å². The van der Waals surface area contributed by atoms with E-state index in [9.17, 15) is 14.0 Å². The number of carbonyl (C=O) groups is 2. The number of amides is 2. The lowest BCUT2D eigenvalue weighted by Gasteiger charge is -2.44. The quantitative estimate of drug-likeness (QED) is 0.328. The first kappa shape index (κ1) is 27.6. The summed E-state index contributed by atoms with van der Waals surface area (Å²) in [5, 5.41) is 0.423. The molecular weight excluding hydrogens is 533 g/mol. The number of nitrogens with zero attached hydrogens (tertiary/aromatic N) is 3. The Bertz CT molecular complexity index is 1430. The maximum Gasteiger partial charge on any atom is 0.260 e. The van der Waals surface area contributed by atoms with Crippen LogP contribution in [0.2, 0.25) is 0 Å². The van der Waals surface area contributed by atoms with E-state index in [0.29, 0.717) is 43.5 Å². The van der Waals surface area contributed by atoms with Crippen LogP contribution in [0.3, 0.4) is 0 Å². The molecule has 3 aromatic rings. The first-order chi connectivity index (χ1) is 19.9. The lowest BCUT2D eigenvalue weighted by atomic mass is 9.92. The molecule has 3 aliphatic rings. The lowest BCUT2D eigenvalue weighted by molar-refractivity contribution is -0.130. The van der Waals surface area contributed by atoms with Crippen LogP contribution in [0.25, 0.3) is 6.08 Å². The SMILES string of the molecule is Cc1cccc(CN2C(=O)/C(=C\c3ccc(C(=O)N4CCN(c5ccc(F)cc5)CC4)cc3)SC3CCCCC32)c1. The van der Waals surface area contributed by atoms with Gasteiger partial charge in [-0.1, -0.05) is 54.8 Å². The Morgan fingerprint density at radius 2 is 1.68 bits per heavy atom. The predicted octanol–water partition coefficient (Wildman–Crippen LogP) is 6.52. The van der Waals surface area contributed by atoms with Gasteiger partial charge in [0.1, 0.15) is 5.82 Å². The van der Waals surface area contributed by atoms with Gasteiger partial charge in [-0.15, -0.1) is 11.8 Å². The lowest BCUT2D eigenvalue weighted by Crippen LogP contribution is -2.50. The standard InChI is InChI=1S/C34H36FN3O2S/c1-24-5-4-6-26(21-24)23-38-30-7-2-3-8-31(30)41-32(34(38)40)22-25-9-11-27(12-10-25)33(39)37-19-17-36(18-20-37)29-15-13-28(35)14-16-29/h4-6,9-16,21-22,30-31H,2-3,7-8,17-20,23H2,1H3/b32-22+. The Morgan fingerprint density at radius 3 is 2.41 bits per heavy atom. The number of hydrogen-bond donors (Lipinski definition) is 0. The minimum Gasteiger partial charge on any atom is -0.368 e. The minimum absolute atomic E-state index is 0.0143. The van der Waals surface area contributed by atoms with E-state index in [1.54, 1.807) is 23.9 Å². The number of hydrogen-bond acceptors (Lipinski definition) is 4. The zero-order chi connectivity index (χ0) is 28.3. The summed E-state index contributed by atoms with van der Waals surface area (Å²) in [7, 11) is 0. The molecule has 41 heavy (non-hydrogen) atoms. The highest BCUT2D eigenvalue weighted by molar-refractivity contribution is 8.04. The van der Waals surface area contributed by atoms with E-state index in [1.165, 1.54) is 36.1 Å². The molecule has 1 aliphatic carbocycles. The molecule has 6 rings (SSSR count). The van der Waals surface area contributed by atoms with Crippen molar-refractivity contribution >= 4 is 35.3 Å². The first-order valence-electron chi connectivity index (χ1n) is 14.6. The van der Waals surface area contributed by atoms with Crippen molar-refractivity contribution in [2.24, 2.45) is 0 Å². The predicted molar refractivity (Wildman–Crippen MR) is 164 cm³/mol. The van der Waals surface area contributed by atoms with E-state index in [1.807, 2.05) is 35.2 Å². The molecule has 1 saturated carbocycles. The molecule has 3 fully saturated rings. The summed E-state index contributed by atoms with van der Waals surface area (Å²) >= 11 is 1.74. The van der Waals surface area contributed by atoms with Gasteiger partial charge in [-0.3, -0.25) is 9.59 Å². The van der Waals surface area contributed by atoms with Crippen molar-refractivity contribution in [1.29, 1.82) is 0 Å². The summed E-state index contributed by atoms with van der Waals surface area (Å²) in [5.74, 6) is -0.120. The Labute approximate surface area is 246 Å². The van der Waals surface area contributed by atoms with E-state index in [0.717, 1.165) is 29.0 Å². The molecule has 2 amide bonds. The van der Waals surface area contributed by atoms with Crippen LogP contribution in [0.1, 0.15) is 52.7 Å². The molecule has 0 radical (unpaired) electrons. The van der Waals surface area contributed by atoms with Crippen LogP contribution in [0.15, 0.2) is 77.7 Å². The molecular formula is C34H36FN3O2S. The van der Waals surface area contributed by atoms with Crippen LogP contribution in [-0.2, 0) is 11.3 Å². The average Bonchev–Trinajstić information content (AvgIpc) is 3.00. The summed E-state index contributed by atoms with van der Waals surface area (Å²) in [6, 6.07) is 22.9. The van der Waals surface area contributed by atoms with Crippen molar-refractivity contribution in [2.45, 2.75) is 50.4 Å². The van der Waals surface area contributed by atoms with Gasteiger partial charge in [-0.05, 0) is 73.4 Å². The molecule has 0 N–H and O–H groups in total. The van der Waals surface area contributed by atoms with Gasteiger partial charge in [0, 0.05) is 55.3 Å². The molecule has 212 valence electrons. The van der Waals surface area contributed by atoms with Gasteiger partial charge in [0.25, 0.3) is 11.8 Å². The van der Waals surface area contributed by atoms with Crippen LogP contribution in [0, 0.1) is 12.7 Å². The highest BCUT2D eigenvalue weighted by atomic mass is 32.2. The van der Waals surface area contributed by atoms with Crippen molar-refractivity contribution in [3.8, 4) is 0 Å². The van der Waals surface area contributed by atoms with Gasteiger partial charge in [0.15, 0.2) is 0 Å². The Kier molecular flexibility index (Phi) is 8.15. The fourth-order valence-corrected chi connectivity index (χ4v) is 7.72. The molecule has 2 atom stereocenters. The van der Waals surface area contributed by atoms with Gasteiger partial charge in [0.05, 0.1) is 4.91 Å². The van der Waals surface area contributed by atoms with E-state index < -0.39 is 0 Å². The molecule has 7 heteroatoms. The summed E-state index contributed by atoms with van der Waals surface area (Å²) in [4.78, 5) is 33.9. The summed E-state index contributed by atoms with van der Waals surface area (Å²) in [6.07, 6.45) is 6.58. The van der Waals surface area contributed by atoms with Gasteiger partial charge in [0.2, 0.25) is 0 Å². The fraction of sp³-hybridized carbons (Fsp3) is 0.353. The number of thioether (sulfide) groups is 1. The largest absolute Gasteiger partial charge is 0.368 e. The van der Waals surface area contributed by atoms with Gasteiger partial charge in [-0.2, -0.15) is 0 Å². The summed E-state index contributed by atoms with van der Waals surface area (Å²) in [6.45, 7) is 5.39. The van der Waals surface area contributed by atoms with Gasteiger partial charge in [-0.25, -0.2) is 4.39 Å². The number of benzene rings is 3. The van der Waals surface area contributed by atoms with Crippen LogP contribution < -0.4 is 4.90 Å². The van der Waals surface area contributed by atoms with Crippen molar-refractivity contribution in [1.82, 2.24) is 9.80 Å². The van der Waals surface area contributed by atoms with Crippen LogP contribution in [0.5, 0.6) is 0 Å². The van der Waals surface area contributed by atoms with Crippen molar-refractivity contribution < 1.29 is 14.0 Å². The first-order valence-corrected chi connectivity index (χ1v) is 15.5. The van der Waals surface area contributed by atoms with E-state index in [-0.39, 0.29) is 23.7 Å². The highest BCUT2D eigenvalue weighted by Gasteiger charge is 2.40. The van der Waals surface area contributed by atoms with E-state index in [2.05, 4.69) is 41.0 Å². The minimum atomic E-state index is -0.245. The van der Waals surface area contributed by atoms with Gasteiger partial charge < -0.3 is 14.7 Å². The second-order valence-electron chi connectivity index (χ2n) is 11.3. The topological polar surface area (TPSA) is 43.9 Å². The third-order valence-corrected chi connectivity index (χ3v) is 9.87. The molecule has 2 saturated heterocycles. The number of aryl methyl sites for hydroxylation is 1. The number of anilines is 1. The number of halogens is 1. The van der Waals surface area contributed by atoms with Crippen LogP contribution in [-0.4, -0.2) is 59.1 Å². The molecule has 2 unspecified atom stereocenters. The second-order valence-corrected chi connectivity index (χ2v) is 12.6. The molecule has 0 aromatic heterocycles. The zero-order valence-corrected chi connectivity index (χ0v) is 24.3. The highest BCUT2D eigenvalue weighted by Crippen LogP contribution is 2.42. The number of piperazine rings is 1. The third kappa shape index (κ3) is 6.20. The molecule has 3 aromatic carbocycles. The molecule has 0 bridgehead atoms. The normalized spacial score (nSPS) is 22.1. The number of fused-ring (bicyclic) bond motifs is 1. The third-order valence-electron chi connectivity index (χ3n) is 8.47. The maximum atomic E-state index is 13.8. The molecule has 0 spiro atoms. The Morgan fingerprint density at radius 1 is 0.951 bits per heavy atom. The Balaban J connectivity index is 1.13. The number of rotatable bonds is 5. The second kappa shape index (κ2) is 12.1. The monoisotopic (exact) mass is 569 g/mol. The molecule has 2 aliphatic heterocycles. The Hall–Kier alpha value is -3.58. The maximum absolute atomic E-state index is 13.8. The summed E-state index contributed by atoms with van der Waals surface area (Å²) < 4.78 is 13.3. The smallest absolute Gasteiger partial charge is 0.260 e. The van der Waals surface area contributed by atoms with E-state index in [4.69, 9.17) is 0 Å². The van der Waals surface area contributed by atoms with Gasteiger partial charge >= 0.3 is 0 Å². The molecule has 5 nitrogen and oxygen atoms in total. The average molecular weight is 570 g/mol. The summed E-state index contributed by atoms with van der Waals surface area (Å²) in [5.41, 5.74) is 4.95. The van der Waals surface area contributed by atoms with Crippen molar-refractivity contribution in [3.05, 3.63) is 106 Å². The van der Waals surface area contributed by atoms with E-state index >= 15 is 0 Å². The number of carbonyl (C=O) groups excluding carboxylic acids is 2. The van der Waals surface area contributed by atoms with Crippen LogP contribution in [0.4, 0.5) is 10.1 Å².